The minimum atomic E-state index is -1.01. The first-order valence-electron chi connectivity index (χ1n) is 4.59. The fraction of sp³-hybridized carbons (Fsp3) is 0.364. The van der Waals surface area contributed by atoms with Crippen molar-refractivity contribution < 1.29 is 9.53 Å². The zero-order valence-corrected chi connectivity index (χ0v) is 10.1. The largest absolute Gasteiger partial charge is 0.496 e. The number of halogens is 2. The lowest BCUT2D eigenvalue weighted by molar-refractivity contribution is 0.101. The van der Waals surface area contributed by atoms with E-state index in [1.807, 2.05) is 6.92 Å². The van der Waals surface area contributed by atoms with Crippen LogP contribution in [0.3, 0.4) is 0 Å². The molecule has 0 saturated heterocycles. The summed E-state index contributed by atoms with van der Waals surface area (Å²) < 4.78 is 5.15. The van der Waals surface area contributed by atoms with Crippen LogP contribution in [0.25, 0.3) is 0 Å². The molecule has 0 aliphatic carbocycles. The van der Waals surface area contributed by atoms with Gasteiger partial charge in [0.15, 0.2) is 10.6 Å². The summed E-state index contributed by atoms with van der Waals surface area (Å²) >= 11 is 11.0. The summed E-state index contributed by atoms with van der Waals surface area (Å²) in [5.74, 6) is 0.491. The quantitative estimate of drug-likeness (QED) is 0.603. The van der Waals surface area contributed by atoms with Crippen molar-refractivity contribution in [2.24, 2.45) is 0 Å². The molecule has 15 heavy (non-hydrogen) atoms. The number of hydrogen-bond donors (Lipinski definition) is 0. The number of carbonyl (C=O) groups is 1. The Labute approximate surface area is 99.1 Å². The van der Waals surface area contributed by atoms with Gasteiger partial charge in [0.25, 0.3) is 0 Å². The normalized spacial score (nSPS) is 10.5. The first-order valence-corrected chi connectivity index (χ1v) is 5.46. The number of ether oxygens (including phenoxy) is 1. The number of Topliss-reactive ketones (excluding diaryl/α,β-unsaturated/α-hetero) is 1. The predicted octanol–water partition coefficient (Wildman–Crippen LogP) is 3.24. The predicted molar refractivity (Wildman–Crippen MR) is 62.2 cm³/mol. The monoisotopic (exact) mass is 246 g/mol. The third-order valence-corrected chi connectivity index (χ3v) is 2.54. The molecule has 4 heteroatoms. The summed E-state index contributed by atoms with van der Waals surface area (Å²) in [6, 6.07) is 5.18. The lowest BCUT2D eigenvalue weighted by Gasteiger charge is -2.08. The smallest absolute Gasteiger partial charge is 0.195 e. The van der Waals surface area contributed by atoms with Crippen LogP contribution in [0.5, 0.6) is 5.75 Å². The molecule has 0 spiro atoms. The molecular weight excluding hydrogens is 235 g/mol. The Balaban J connectivity index is 3.08. The lowest BCUT2D eigenvalue weighted by Crippen LogP contribution is -2.08. The number of methoxy groups -OCH3 is 1. The fourth-order valence-electron chi connectivity index (χ4n) is 1.33. The van der Waals surface area contributed by atoms with Crippen LogP contribution in [0.4, 0.5) is 0 Å². The summed E-state index contributed by atoms with van der Waals surface area (Å²) in [5, 5.41) is 0. The second-order valence-corrected chi connectivity index (χ2v) is 4.14. The van der Waals surface area contributed by atoms with Crippen LogP contribution in [0.1, 0.15) is 22.8 Å². The third kappa shape index (κ3) is 2.86. The summed E-state index contributed by atoms with van der Waals surface area (Å²) in [4.78, 5) is 10.5. The maximum Gasteiger partial charge on any atom is 0.195 e. The summed E-state index contributed by atoms with van der Waals surface area (Å²) in [7, 11) is 1.60. The van der Waals surface area contributed by atoms with Crippen molar-refractivity contribution >= 4 is 29.0 Å². The molecule has 0 aromatic heterocycles. The maximum atomic E-state index is 11.5. The highest BCUT2D eigenvalue weighted by molar-refractivity contribution is 6.55. The lowest BCUT2D eigenvalue weighted by atomic mass is 10.1. The van der Waals surface area contributed by atoms with Gasteiger partial charge in [0.1, 0.15) is 5.75 Å². The highest BCUT2D eigenvalue weighted by atomic mass is 35.5. The third-order valence-electron chi connectivity index (χ3n) is 2.14. The van der Waals surface area contributed by atoms with Crippen LogP contribution in [-0.2, 0) is 6.42 Å². The number of ketones is 1. The number of hydrogen-bond acceptors (Lipinski definition) is 2. The summed E-state index contributed by atoms with van der Waals surface area (Å²) in [6.07, 6.45) is 0.791. The van der Waals surface area contributed by atoms with Crippen LogP contribution < -0.4 is 4.74 Å². The van der Waals surface area contributed by atoms with E-state index in [2.05, 4.69) is 0 Å². The van der Waals surface area contributed by atoms with Gasteiger partial charge in [-0.25, -0.2) is 0 Å². The minimum Gasteiger partial charge on any atom is -0.496 e. The van der Waals surface area contributed by atoms with Crippen molar-refractivity contribution in [1.29, 1.82) is 0 Å². The molecule has 2 nitrogen and oxygen atoms in total. The van der Waals surface area contributed by atoms with Gasteiger partial charge in [0, 0.05) is 5.56 Å². The highest BCUT2D eigenvalue weighted by Crippen LogP contribution is 2.22. The molecule has 1 aromatic rings. The molecule has 0 bridgehead atoms. The van der Waals surface area contributed by atoms with Crippen molar-refractivity contribution in [3.63, 3.8) is 0 Å². The Morgan fingerprint density at radius 1 is 1.47 bits per heavy atom. The molecule has 0 fully saturated rings. The van der Waals surface area contributed by atoms with Crippen LogP contribution in [0.2, 0.25) is 0 Å². The molecule has 0 N–H and O–H groups in total. The molecule has 0 atom stereocenters. The van der Waals surface area contributed by atoms with Gasteiger partial charge >= 0.3 is 0 Å². The van der Waals surface area contributed by atoms with Crippen LogP contribution >= 0.6 is 23.2 Å². The van der Waals surface area contributed by atoms with E-state index in [0.29, 0.717) is 5.56 Å². The van der Waals surface area contributed by atoms with E-state index in [4.69, 9.17) is 27.9 Å². The Morgan fingerprint density at radius 3 is 2.60 bits per heavy atom. The number of benzene rings is 1. The molecule has 0 heterocycles. The van der Waals surface area contributed by atoms with Crippen LogP contribution in [0, 0.1) is 0 Å². The molecular formula is C11H12Cl2O2. The first-order chi connectivity index (χ1) is 7.10. The second kappa shape index (κ2) is 5.38. The molecule has 0 amide bonds. The van der Waals surface area contributed by atoms with Gasteiger partial charge in [0.05, 0.1) is 7.11 Å². The summed E-state index contributed by atoms with van der Waals surface area (Å²) in [5.41, 5.74) is 1.49. The molecule has 0 aliphatic heterocycles. The average molecular weight is 247 g/mol. The van der Waals surface area contributed by atoms with Gasteiger partial charge in [-0.15, -0.1) is 0 Å². The van der Waals surface area contributed by atoms with E-state index >= 15 is 0 Å². The van der Waals surface area contributed by atoms with E-state index in [9.17, 15) is 4.79 Å². The zero-order valence-electron chi connectivity index (χ0n) is 8.59. The van der Waals surface area contributed by atoms with Crippen molar-refractivity contribution in [3.8, 4) is 5.75 Å². The van der Waals surface area contributed by atoms with Crippen LogP contribution in [-0.4, -0.2) is 17.7 Å². The topological polar surface area (TPSA) is 26.3 Å². The van der Waals surface area contributed by atoms with E-state index in [1.54, 1.807) is 25.3 Å². The second-order valence-electron chi connectivity index (χ2n) is 3.05. The van der Waals surface area contributed by atoms with Gasteiger partial charge in [0.2, 0.25) is 0 Å². The van der Waals surface area contributed by atoms with Gasteiger partial charge in [-0.3, -0.25) is 4.79 Å². The number of alkyl halides is 2. The average Bonchev–Trinajstić information content (AvgIpc) is 2.26. The van der Waals surface area contributed by atoms with Gasteiger partial charge in [-0.05, 0) is 30.2 Å². The van der Waals surface area contributed by atoms with Crippen molar-refractivity contribution in [2.45, 2.75) is 18.2 Å². The van der Waals surface area contributed by atoms with Crippen molar-refractivity contribution in [2.75, 3.05) is 7.11 Å². The molecule has 0 radical (unpaired) electrons. The van der Waals surface area contributed by atoms with Crippen molar-refractivity contribution in [3.05, 3.63) is 29.3 Å². The van der Waals surface area contributed by atoms with E-state index in [-0.39, 0.29) is 5.78 Å². The Hall–Kier alpha value is -0.730. The molecule has 82 valence electrons. The zero-order chi connectivity index (χ0) is 11.4. The molecule has 1 rings (SSSR count). The molecule has 0 saturated carbocycles. The Morgan fingerprint density at radius 2 is 2.13 bits per heavy atom. The van der Waals surface area contributed by atoms with E-state index in [0.717, 1.165) is 17.7 Å². The van der Waals surface area contributed by atoms with Crippen LogP contribution in [0.15, 0.2) is 18.2 Å². The minimum absolute atomic E-state index is 0.282. The first kappa shape index (κ1) is 12.3. The van der Waals surface area contributed by atoms with E-state index < -0.39 is 4.84 Å². The highest BCUT2D eigenvalue weighted by Gasteiger charge is 2.15. The van der Waals surface area contributed by atoms with Gasteiger partial charge in [-0.1, -0.05) is 30.1 Å². The fourth-order valence-corrected chi connectivity index (χ4v) is 1.59. The standard InChI is InChI=1S/C11H12Cl2O2/c1-3-7-6-8(10(14)11(12)13)4-5-9(7)15-2/h4-6,11H,3H2,1-2H3. The Kier molecular flexibility index (Phi) is 4.43. The molecule has 1 aromatic carbocycles. The van der Waals surface area contributed by atoms with Crippen molar-refractivity contribution in [1.82, 2.24) is 0 Å². The van der Waals surface area contributed by atoms with Gasteiger partial charge < -0.3 is 4.74 Å². The maximum absolute atomic E-state index is 11.5. The van der Waals surface area contributed by atoms with E-state index in [1.165, 1.54) is 0 Å². The number of aryl methyl sites for hydroxylation is 1. The number of rotatable bonds is 4. The Bertz CT molecular complexity index is 362. The summed E-state index contributed by atoms with van der Waals surface area (Å²) in [6.45, 7) is 1.99. The number of carbonyl (C=O) groups excluding carboxylic acids is 1. The molecule has 0 unspecified atom stereocenters. The SMILES string of the molecule is CCc1cc(C(=O)C(Cl)Cl)ccc1OC. The van der Waals surface area contributed by atoms with Gasteiger partial charge in [-0.2, -0.15) is 0 Å². The molecule has 0 aliphatic rings.